The highest BCUT2D eigenvalue weighted by molar-refractivity contribution is 6.42. The molecule has 0 radical (unpaired) electrons. The summed E-state index contributed by atoms with van der Waals surface area (Å²) >= 11 is 11.8. The highest BCUT2D eigenvalue weighted by Crippen LogP contribution is 2.34. The first-order valence-corrected chi connectivity index (χ1v) is 6.01. The van der Waals surface area contributed by atoms with Crippen molar-refractivity contribution in [3.63, 3.8) is 0 Å². The van der Waals surface area contributed by atoms with E-state index in [9.17, 15) is 5.11 Å². The van der Waals surface area contributed by atoms with Gasteiger partial charge in [-0.15, -0.1) is 0 Å². The van der Waals surface area contributed by atoms with Crippen LogP contribution >= 0.6 is 23.2 Å². The van der Waals surface area contributed by atoms with E-state index in [1.165, 1.54) is 0 Å². The van der Waals surface area contributed by atoms with E-state index in [-0.39, 0.29) is 6.10 Å². The number of nitrogens with zero attached hydrogens (tertiary/aromatic N) is 1. The molecule has 88 valence electrons. The number of halogens is 2. The van der Waals surface area contributed by atoms with Crippen LogP contribution in [0.4, 0.5) is 11.4 Å². The van der Waals surface area contributed by atoms with E-state index in [1.54, 1.807) is 12.1 Å². The van der Waals surface area contributed by atoms with Crippen LogP contribution in [0.1, 0.15) is 12.8 Å². The second-order valence-electron chi connectivity index (χ2n) is 4.04. The maximum absolute atomic E-state index is 9.44. The summed E-state index contributed by atoms with van der Waals surface area (Å²) < 4.78 is 0. The standard InChI is InChI=1S/C11H14Cl2N2O/c12-8-5-10(14)11(6-9(8)13)15-3-1-7(16)2-4-15/h5-7,16H,1-4,14H2. The van der Waals surface area contributed by atoms with Gasteiger partial charge in [-0.3, -0.25) is 0 Å². The molecular weight excluding hydrogens is 247 g/mol. The summed E-state index contributed by atoms with van der Waals surface area (Å²) in [5.74, 6) is 0. The van der Waals surface area contributed by atoms with Crippen molar-refractivity contribution in [1.82, 2.24) is 0 Å². The number of rotatable bonds is 1. The number of nitrogen functional groups attached to an aromatic ring is 1. The molecule has 0 bridgehead atoms. The second kappa shape index (κ2) is 4.70. The van der Waals surface area contributed by atoms with Gasteiger partial charge in [-0.05, 0) is 25.0 Å². The Bertz CT molecular complexity index is 390. The summed E-state index contributed by atoms with van der Waals surface area (Å²) in [5, 5.41) is 10.4. The lowest BCUT2D eigenvalue weighted by atomic mass is 10.1. The van der Waals surface area contributed by atoms with Gasteiger partial charge >= 0.3 is 0 Å². The molecule has 3 nitrogen and oxygen atoms in total. The van der Waals surface area contributed by atoms with Crippen LogP contribution in [0.2, 0.25) is 10.0 Å². The van der Waals surface area contributed by atoms with Crippen molar-refractivity contribution in [2.45, 2.75) is 18.9 Å². The average molecular weight is 261 g/mol. The molecule has 0 amide bonds. The lowest BCUT2D eigenvalue weighted by molar-refractivity contribution is 0.145. The fraction of sp³-hybridized carbons (Fsp3) is 0.455. The number of aliphatic hydroxyl groups is 1. The number of aliphatic hydroxyl groups excluding tert-OH is 1. The van der Waals surface area contributed by atoms with Gasteiger partial charge in [0.15, 0.2) is 0 Å². The third-order valence-electron chi connectivity index (χ3n) is 2.87. The van der Waals surface area contributed by atoms with Gasteiger partial charge in [0.25, 0.3) is 0 Å². The van der Waals surface area contributed by atoms with E-state index in [4.69, 9.17) is 28.9 Å². The molecule has 0 saturated carbocycles. The number of hydrogen-bond donors (Lipinski definition) is 2. The first-order chi connectivity index (χ1) is 7.58. The molecule has 5 heteroatoms. The zero-order valence-corrected chi connectivity index (χ0v) is 10.3. The highest BCUT2D eigenvalue weighted by Gasteiger charge is 2.19. The molecule has 1 aromatic carbocycles. The monoisotopic (exact) mass is 260 g/mol. The molecule has 3 N–H and O–H groups in total. The average Bonchev–Trinajstić information content (AvgIpc) is 2.25. The highest BCUT2D eigenvalue weighted by atomic mass is 35.5. The maximum Gasteiger partial charge on any atom is 0.0615 e. The maximum atomic E-state index is 9.44. The number of benzene rings is 1. The van der Waals surface area contributed by atoms with Crippen LogP contribution in [-0.4, -0.2) is 24.3 Å². The first-order valence-electron chi connectivity index (χ1n) is 5.25. The third kappa shape index (κ3) is 2.37. The van der Waals surface area contributed by atoms with Crippen molar-refractivity contribution in [2.24, 2.45) is 0 Å². The SMILES string of the molecule is Nc1cc(Cl)c(Cl)cc1N1CCC(O)CC1. The fourth-order valence-corrected chi connectivity index (χ4v) is 2.26. The van der Waals surface area contributed by atoms with Crippen molar-refractivity contribution in [3.8, 4) is 0 Å². The Morgan fingerprint density at radius 1 is 1.19 bits per heavy atom. The molecular formula is C11H14Cl2N2O. The molecule has 0 aromatic heterocycles. The van der Waals surface area contributed by atoms with Gasteiger partial charge in [-0.1, -0.05) is 23.2 Å². The first kappa shape index (κ1) is 11.8. The smallest absolute Gasteiger partial charge is 0.0615 e. The largest absolute Gasteiger partial charge is 0.397 e. The third-order valence-corrected chi connectivity index (χ3v) is 3.60. The van der Waals surface area contributed by atoms with E-state index >= 15 is 0 Å². The molecule has 1 fully saturated rings. The van der Waals surface area contributed by atoms with Crippen molar-refractivity contribution in [3.05, 3.63) is 22.2 Å². The molecule has 1 saturated heterocycles. The van der Waals surface area contributed by atoms with Gasteiger partial charge in [-0.2, -0.15) is 0 Å². The van der Waals surface area contributed by atoms with E-state index in [0.717, 1.165) is 31.6 Å². The van der Waals surface area contributed by atoms with Crippen molar-refractivity contribution < 1.29 is 5.11 Å². The van der Waals surface area contributed by atoms with E-state index < -0.39 is 0 Å². The minimum atomic E-state index is -0.194. The molecule has 1 aromatic rings. The molecule has 0 spiro atoms. The van der Waals surface area contributed by atoms with Crippen molar-refractivity contribution in [2.75, 3.05) is 23.7 Å². The molecule has 0 atom stereocenters. The van der Waals surface area contributed by atoms with Crippen LogP contribution in [0.5, 0.6) is 0 Å². The minimum Gasteiger partial charge on any atom is -0.397 e. The van der Waals surface area contributed by atoms with Gasteiger partial charge in [0.1, 0.15) is 0 Å². The molecule has 0 aliphatic carbocycles. The molecule has 2 rings (SSSR count). The molecule has 0 unspecified atom stereocenters. The summed E-state index contributed by atoms with van der Waals surface area (Å²) in [6.07, 6.45) is 1.33. The quantitative estimate of drug-likeness (QED) is 0.764. The van der Waals surface area contributed by atoms with Gasteiger partial charge in [0.2, 0.25) is 0 Å². The van der Waals surface area contributed by atoms with Crippen LogP contribution in [-0.2, 0) is 0 Å². The van der Waals surface area contributed by atoms with Crippen LogP contribution in [0.25, 0.3) is 0 Å². The topological polar surface area (TPSA) is 49.5 Å². The molecule has 16 heavy (non-hydrogen) atoms. The number of anilines is 2. The molecule has 1 heterocycles. The van der Waals surface area contributed by atoms with Crippen LogP contribution in [0.3, 0.4) is 0 Å². The van der Waals surface area contributed by atoms with Gasteiger partial charge in [-0.25, -0.2) is 0 Å². The summed E-state index contributed by atoms with van der Waals surface area (Å²) in [4.78, 5) is 2.13. The summed E-state index contributed by atoms with van der Waals surface area (Å²) in [5.41, 5.74) is 7.44. The van der Waals surface area contributed by atoms with Gasteiger partial charge in [0, 0.05) is 13.1 Å². The van der Waals surface area contributed by atoms with Gasteiger partial charge < -0.3 is 15.7 Å². The zero-order chi connectivity index (χ0) is 11.7. The predicted molar refractivity (Wildman–Crippen MR) is 68.3 cm³/mol. The summed E-state index contributed by atoms with van der Waals surface area (Å²) in [7, 11) is 0. The lowest BCUT2D eigenvalue weighted by Crippen LogP contribution is -2.36. The van der Waals surface area contributed by atoms with Gasteiger partial charge in [0.05, 0.1) is 27.5 Å². The van der Waals surface area contributed by atoms with E-state index in [2.05, 4.69) is 4.90 Å². The predicted octanol–water partition coefficient (Wildman–Crippen LogP) is 2.54. The molecule has 1 aliphatic rings. The number of hydrogen-bond acceptors (Lipinski definition) is 3. The Labute approximate surface area is 105 Å². The van der Waals surface area contributed by atoms with Crippen LogP contribution in [0, 0.1) is 0 Å². The minimum absolute atomic E-state index is 0.194. The van der Waals surface area contributed by atoms with Crippen LogP contribution < -0.4 is 10.6 Å². The Morgan fingerprint density at radius 3 is 2.38 bits per heavy atom. The Morgan fingerprint density at radius 2 is 1.75 bits per heavy atom. The van der Waals surface area contributed by atoms with Crippen molar-refractivity contribution in [1.29, 1.82) is 0 Å². The zero-order valence-electron chi connectivity index (χ0n) is 8.79. The normalized spacial score (nSPS) is 17.8. The van der Waals surface area contributed by atoms with Crippen LogP contribution in [0.15, 0.2) is 12.1 Å². The second-order valence-corrected chi connectivity index (χ2v) is 4.86. The Kier molecular flexibility index (Phi) is 3.47. The Hall–Kier alpha value is -0.640. The van der Waals surface area contributed by atoms with E-state index in [0.29, 0.717) is 15.7 Å². The molecule has 1 aliphatic heterocycles. The lowest BCUT2D eigenvalue weighted by Gasteiger charge is -2.32. The summed E-state index contributed by atoms with van der Waals surface area (Å²) in [6.45, 7) is 1.59. The number of nitrogens with two attached hydrogens (primary N) is 1. The number of piperidine rings is 1. The fourth-order valence-electron chi connectivity index (χ4n) is 1.93. The van der Waals surface area contributed by atoms with Crippen molar-refractivity contribution >= 4 is 34.6 Å². The van der Waals surface area contributed by atoms with E-state index in [1.807, 2.05) is 0 Å². The Balaban J connectivity index is 2.23. The summed E-state index contributed by atoms with van der Waals surface area (Å²) in [6, 6.07) is 3.46.